The highest BCUT2D eigenvalue weighted by Gasteiger charge is 2.09. The van der Waals surface area contributed by atoms with Gasteiger partial charge in [0.2, 0.25) is 0 Å². The normalized spacial score (nSPS) is 11.6. The number of thiophene rings is 1. The van der Waals surface area contributed by atoms with E-state index in [-0.39, 0.29) is 18.4 Å². The molecule has 0 bridgehead atoms. The Hall–Kier alpha value is -1.03. The molecule has 16 heavy (non-hydrogen) atoms. The average Bonchev–Trinajstić information content (AvgIpc) is 2.82. The van der Waals surface area contributed by atoms with E-state index in [2.05, 4.69) is 6.07 Å². The van der Waals surface area contributed by atoms with Crippen LogP contribution in [0.25, 0.3) is 0 Å². The molecule has 0 saturated heterocycles. The Morgan fingerprint density at radius 1 is 1.19 bits per heavy atom. The maximum absolute atomic E-state index is 6.12. The average molecular weight is 256 g/mol. The van der Waals surface area contributed by atoms with Gasteiger partial charge < -0.3 is 10.5 Å². The van der Waals surface area contributed by atoms with Gasteiger partial charge in [0, 0.05) is 4.88 Å². The molecule has 0 spiro atoms. The van der Waals surface area contributed by atoms with E-state index in [1.165, 1.54) is 4.88 Å². The molecule has 1 heterocycles. The first kappa shape index (κ1) is 13.0. The molecule has 2 N–H and O–H groups in total. The predicted molar refractivity (Wildman–Crippen MR) is 70.6 cm³/mol. The third-order valence-corrected chi connectivity index (χ3v) is 3.28. The van der Waals surface area contributed by atoms with Crippen LogP contribution in [0.4, 0.5) is 0 Å². The van der Waals surface area contributed by atoms with Crippen LogP contribution in [0.2, 0.25) is 0 Å². The van der Waals surface area contributed by atoms with Crippen molar-refractivity contribution in [2.45, 2.75) is 6.04 Å². The molecule has 0 aliphatic rings. The highest BCUT2D eigenvalue weighted by atomic mass is 35.5. The van der Waals surface area contributed by atoms with Crippen molar-refractivity contribution in [3.05, 3.63) is 52.2 Å². The van der Waals surface area contributed by atoms with Crippen LogP contribution in [-0.2, 0) is 0 Å². The first-order chi connectivity index (χ1) is 7.31. The van der Waals surface area contributed by atoms with Crippen LogP contribution in [0.15, 0.2) is 41.8 Å². The minimum Gasteiger partial charge on any atom is -0.497 e. The molecular formula is C12H14ClNOS. The zero-order chi connectivity index (χ0) is 10.7. The molecule has 2 rings (SSSR count). The Morgan fingerprint density at radius 2 is 1.88 bits per heavy atom. The number of hydrogen-bond donors (Lipinski definition) is 1. The highest BCUT2D eigenvalue weighted by Crippen LogP contribution is 2.24. The van der Waals surface area contributed by atoms with E-state index in [0.717, 1.165) is 11.3 Å². The van der Waals surface area contributed by atoms with Crippen LogP contribution >= 0.6 is 23.7 Å². The maximum atomic E-state index is 6.12. The molecule has 0 amide bonds. The fourth-order valence-electron chi connectivity index (χ4n) is 1.44. The second kappa shape index (κ2) is 5.89. The zero-order valence-electron chi connectivity index (χ0n) is 8.92. The summed E-state index contributed by atoms with van der Waals surface area (Å²) in [6.07, 6.45) is 0. The topological polar surface area (TPSA) is 35.2 Å². The quantitative estimate of drug-likeness (QED) is 0.914. The lowest BCUT2D eigenvalue weighted by Gasteiger charge is -2.10. The van der Waals surface area contributed by atoms with Gasteiger partial charge in [0.05, 0.1) is 13.2 Å². The lowest BCUT2D eigenvalue weighted by molar-refractivity contribution is 0.414. The van der Waals surface area contributed by atoms with Gasteiger partial charge in [-0.25, -0.2) is 0 Å². The number of rotatable bonds is 3. The molecule has 1 aromatic heterocycles. The van der Waals surface area contributed by atoms with E-state index >= 15 is 0 Å². The number of benzene rings is 1. The van der Waals surface area contributed by atoms with Crippen LogP contribution in [0.3, 0.4) is 0 Å². The summed E-state index contributed by atoms with van der Waals surface area (Å²) in [4.78, 5) is 1.18. The van der Waals surface area contributed by atoms with Crippen molar-refractivity contribution in [2.75, 3.05) is 7.11 Å². The molecule has 0 saturated carbocycles. The van der Waals surface area contributed by atoms with Crippen LogP contribution < -0.4 is 10.5 Å². The second-order valence-electron chi connectivity index (χ2n) is 3.27. The summed E-state index contributed by atoms with van der Waals surface area (Å²) in [6, 6.07) is 11.9. The van der Waals surface area contributed by atoms with Gasteiger partial charge in [-0.15, -0.1) is 23.7 Å². The van der Waals surface area contributed by atoms with Crippen molar-refractivity contribution in [1.82, 2.24) is 0 Å². The Morgan fingerprint density at radius 3 is 2.38 bits per heavy atom. The maximum Gasteiger partial charge on any atom is 0.118 e. The SMILES string of the molecule is COc1ccc([C@@H](N)c2cccs2)cc1.Cl. The zero-order valence-corrected chi connectivity index (χ0v) is 10.6. The van der Waals surface area contributed by atoms with Gasteiger partial charge in [0.1, 0.15) is 5.75 Å². The van der Waals surface area contributed by atoms with E-state index < -0.39 is 0 Å². The van der Waals surface area contributed by atoms with E-state index in [1.807, 2.05) is 35.7 Å². The fraction of sp³-hybridized carbons (Fsp3) is 0.167. The van der Waals surface area contributed by atoms with Crippen molar-refractivity contribution >= 4 is 23.7 Å². The minimum atomic E-state index is -0.0316. The fourth-order valence-corrected chi connectivity index (χ4v) is 2.20. The Labute approximate surface area is 105 Å². The molecule has 1 aromatic carbocycles. The Balaban J connectivity index is 0.00000128. The molecular weight excluding hydrogens is 242 g/mol. The largest absolute Gasteiger partial charge is 0.497 e. The number of ether oxygens (including phenoxy) is 1. The van der Waals surface area contributed by atoms with Crippen LogP contribution in [0.1, 0.15) is 16.5 Å². The van der Waals surface area contributed by atoms with Crippen molar-refractivity contribution in [3.8, 4) is 5.75 Å². The predicted octanol–water partition coefficient (Wildman–Crippen LogP) is 3.23. The first-order valence-corrected chi connectivity index (χ1v) is 5.62. The van der Waals surface area contributed by atoms with Gasteiger partial charge in [-0.1, -0.05) is 18.2 Å². The minimum absolute atomic E-state index is 0. The van der Waals surface area contributed by atoms with Crippen molar-refractivity contribution in [3.63, 3.8) is 0 Å². The standard InChI is InChI=1S/C12H13NOS.ClH/c1-14-10-6-4-9(5-7-10)12(13)11-3-2-8-15-11;/h2-8,12H,13H2,1H3;1H/t12-;/m1./s1. The van der Waals surface area contributed by atoms with Crippen LogP contribution in [0.5, 0.6) is 5.75 Å². The summed E-state index contributed by atoms with van der Waals surface area (Å²) in [5.74, 6) is 0.858. The molecule has 0 aliphatic heterocycles. The first-order valence-electron chi connectivity index (χ1n) is 4.74. The van der Waals surface area contributed by atoms with Gasteiger partial charge in [0.25, 0.3) is 0 Å². The van der Waals surface area contributed by atoms with Gasteiger partial charge in [-0.05, 0) is 29.1 Å². The van der Waals surface area contributed by atoms with Crippen molar-refractivity contribution in [2.24, 2.45) is 5.73 Å². The molecule has 0 radical (unpaired) electrons. The molecule has 86 valence electrons. The molecule has 1 atom stereocenters. The summed E-state index contributed by atoms with van der Waals surface area (Å²) in [5.41, 5.74) is 7.23. The van der Waals surface area contributed by atoms with Crippen molar-refractivity contribution in [1.29, 1.82) is 0 Å². The Kier molecular flexibility index (Phi) is 4.80. The number of halogens is 1. The van der Waals surface area contributed by atoms with Crippen LogP contribution in [-0.4, -0.2) is 7.11 Å². The molecule has 0 unspecified atom stereocenters. The molecule has 2 aromatic rings. The lowest BCUT2D eigenvalue weighted by Crippen LogP contribution is -2.09. The molecule has 4 heteroatoms. The van der Waals surface area contributed by atoms with E-state index in [4.69, 9.17) is 10.5 Å². The number of hydrogen-bond acceptors (Lipinski definition) is 3. The van der Waals surface area contributed by atoms with Gasteiger partial charge >= 0.3 is 0 Å². The number of methoxy groups -OCH3 is 1. The lowest BCUT2D eigenvalue weighted by atomic mass is 10.1. The molecule has 0 aliphatic carbocycles. The molecule has 2 nitrogen and oxygen atoms in total. The second-order valence-corrected chi connectivity index (χ2v) is 4.25. The van der Waals surface area contributed by atoms with E-state index in [1.54, 1.807) is 18.4 Å². The Bertz CT molecular complexity index is 413. The third kappa shape index (κ3) is 2.76. The number of nitrogens with two attached hydrogens (primary N) is 1. The third-order valence-electron chi connectivity index (χ3n) is 2.32. The highest BCUT2D eigenvalue weighted by molar-refractivity contribution is 7.10. The van der Waals surface area contributed by atoms with Gasteiger partial charge in [-0.3, -0.25) is 0 Å². The monoisotopic (exact) mass is 255 g/mol. The smallest absolute Gasteiger partial charge is 0.118 e. The van der Waals surface area contributed by atoms with Crippen LogP contribution in [0, 0.1) is 0 Å². The summed E-state index contributed by atoms with van der Waals surface area (Å²) >= 11 is 1.68. The van der Waals surface area contributed by atoms with E-state index in [9.17, 15) is 0 Å². The van der Waals surface area contributed by atoms with E-state index in [0.29, 0.717) is 0 Å². The summed E-state index contributed by atoms with van der Waals surface area (Å²) < 4.78 is 5.10. The summed E-state index contributed by atoms with van der Waals surface area (Å²) in [7, 11) is 1.66. The van der Waals surface area contributed by atoms with Gasteiger partial charge in [0.15, 0.2) is 0 Å². The summed E-state index contributed by atoms with van der Waals surface area (Å²) in [5, 5.41) is 2.04. The van der Waals surface area contributed by atoms with Gasteiger partial charge in [-0.2, -0.15) is 0 Å². The summed E-state index contributed by atoms with van der Waals surface area (Å²) in [6.45, 7) is 0. The molecule has 0 fully saturated rings. The van der Waals surface area contributed by atoms with Crippen molar-refractivity contribution < 1.29 is 4.74 Å².